The summed E-state index contributed by atoms with van der Waals surface area (Å²) in [5.74, 6) is 1.20. The molecule has 1 aliphatic heterocycles. The molecule has 2 aromatic rings. The number of pyridine rings is 1. The normalized spacial score (nSPS) is 19.9. The van der Waals surface area contributed by atoms with Gasteiger partial charge < -0.3 is 15.4 Å². The summed E-state index contributed by atoms with van der Waals surface area (Å²) in [6.07, 6.45) is 2.69. The third kappa shape index (κ3) is 4.17. The van der Waals surface area contributed by atoms with E-state index in [4.69, 9.17) is 10.5 Å². The summed E-state index contributed by atoms with van der Waals surface area (Å²) in [6.45, 7) is 5.81. The maximum Gasteiger partial charge on any atom is 0.254 e. The van der Waals surface area contributed by atoms with Crippen molar-refractivity contribution in [3.8, 4) is 5.75 Å². The average Bonchev–Trinajstić information content (AvgIpc) is 3.02. The third-order valence-electron chi connectivity index (χ3n) is 4.72. The molecule has 1 aromatic carbocycles. The highest BCUT2D eigenvalue weighted by atomic mass is 16.5. The molecule has 0 radical (unpaired) electrons. The maximum absolute atomic E-state index is 12.8. The third-order valence-corrected chi connectivity index (χ3v) is 4.72. The second-order valence-electron chi connectivity index (χ2n) is 6.77. The smallest absolute Gasteiger partial charge is 0.254 e. The van der Waals surface area contributed by atoms with Gasteiger partial charge in [-0.15, -0.1) is 0 Å². The summed E-state index contributed by atoms with van der Waals surface area (Å²) in [6, 6.07) is 11.7. The van der Waals surface area contributed by atoms with Gasteiger partial charge in [0.25, 0.3) is 5.91 Å². The summed E-state index contributed by atoms with van der Waals surface area (Å²) >= 11 is 0. The topological polar surface area (TPSA) is 68.5 Å². The molecule has 1 aromatic heterocycles. The molecule has 3 rings (SSSR count). The SMILES string of the molecule is Cc1ccc(OCc2cccc(C(=O)N3CC(CN)CC3C)c2)cn1. The maximum atomic E-state index is 12.8. The molecule has 0 spiro atoms. The van der Waals surface area contributed by atoms with Gasteiger partial charge in [0, 0.05) is 23.8 Å². The summed E-state index contributed by atoms with van der Waals surface area (Å²) in [7, 11) is 0. The molecule has 1 amide bonds. The number of hydrogen-bond donors (Lipinski definition) is 1. The van der Waals surface area contributed by atoms with Gasteiger partial charge in [-0.3, -0.25) is 9.78 Å². The molecule has 0 bridgehead atoms. The van der Waals surface area contributed by atoms with Crippen molar-refractivity contribution in [3.63, 3.8) is 0 Å². The first-order valence-corrected chi connectivity index (χ1v) is 8.72. The Morgan fingerprint density at radius 1 is 1.36 bits per heavy atom. The van der Waals surface area contributed by atoms with E-state index in [9.17, 15) is 4.79 Å². The van der Waals surface area contributed by atoms with E-state index in [1.54, 1.807) is 6.20 Å². The summed E-state index contributed by atoms with van der Waals surface area (Å²) in [5, 5.41) is 0. The van der Waals surface area contributed by atoms with E-state index in [0.717, 1.165) is 30.0 Å². The number of aromatic nitrogens is 1. The number of amides is 1. The van der Waals surface area contributed by atoms with Crippen LogP contribution in [0, 0.1) is 12.8 Å². The van der Waals surface area contributed by atoms with Crippen molar-refractivity contribution in [2.24, 2.45) is 11.7 Å². The minimum Gasteiger partial charge on any atom is -0.487 e. The van der Waals surface area contributed by atoms with Crippen LogP contribution in [-0.2, 0) is 6.61 Å². The zero-order valence-corrected chi connectivity index (χ0v) is 14.8. The lowest BCUT2D eigenvalue weighted by Gasteiger charge is -2.22. The van der Waals surface area contributed by atoms with Crippen molar-refractivity contribution in [2.75, 3.05) is 13.1 Å². The molecule has 1 fully saturated rings. The van der Waals surface area contributed by atoms with Crippen LogP contribution < -0.4 is 10.5 Å². The van der Waals surface area contributed by atoms with Crippen LogP contribution in [0.4, 0.5) is 0 Å². The Balaban J connectivity index is 1.66. The number of aryl methyl sites for hydroxylation is 1. The highest BCUT2D eigenvalue weighted by Crippen LogP contribution is 2.24. The Morgan fingerprint density at radius 2 is 2.20 bits per heavy atom. The van der Waals surface area contributed by atoms with Gasteiger partial charge >= 0.3 is 0 Å². The quantitative estimate of drug-likeness (QED) is 0.909. The van der Waals surface area contributed by atoms with E-state index in [1.807, 2.05) is 48.2 Å². The lowest BCUT2D eigenvalue weighted by Crippen LogP contribution is -2.34. The van der Waals surface area contributed by atoms with Gasteiger partial charge in [-0.2, -0.15) is 0 Å². The summed E-state index contributed by atoms with van der Waals surface area (Å²) in [4.78, 5) is 19.0. The second kappa shape index (κ2) is 7.66. The Hall–Kier alpha value is -2.40. The van der Waals surface area contributed by atoms with Gasteiger partial charge in [0.2, 0.25) is 0 Å². The molecule has 0 aliphatic carbocycles. The molecule has 25 heavy (non-hydrogen) atoms. The molecule has 0 saturated carbocycles. The van der Waals surface area contributed by atoms with Gasteiger partial charge in [-0.1, -0.05) is 12.1 Å². The minimum absolute atomic E-state index is 0.0716. The number of nitrogens with two attached hydrogens (primary N) is 1. The van der Waals surface area contributed by atoms with E-state index in [1.165, 1.54) is 0 Å². The van der Waals surface area contributed by atoms with Gasteiger partial charge in [-0.25, -0.2) is 0 Å². The number of carbonyl (C=O) groups excluding carboxylic acids is 1. The van der Waals surface area contributed by atoms with Crippen LogP contribution >= 0.6 is 0 Å². The molecule has 1 saturated heterocycles. The fraction of sp³-hybridized carbons (Fsp3) is 0.400. The second-order valence-corrected chi connectivity index (χ2v) is 6.77. The summed E-state index contributed by atoms with van der Waals surface area (Å²) in [5.41, 5.74) is 8.39. The van der Waals surface area contributed by atoms with E-state index in [-0.39, 0.29) is 11.9 Å². The fourth-order valence-electron chi connectivity index (χ4n) is 3.26. The minimum atomic E-state index is 0.0716. The van der Waals surface area contributed by atoms with E-state index in [2.05, 4.69) is 11.9 Å². The van der Waals surface area contributed by atoms with Crippen molar-refractivity contribution in [3.05, 3.63) is 59.4 Å². The Kier molecular flexibility index (Phi) is 5.34. The van der Waals surface area contributed by atoms with Gasteiger partial charge in [0.1, 0.15) is 12.4 Å². The highest BCUT2D eigenvalue weighted by Gasteiger charge is 2.32. The number of benzene rings is 1. The molecule has 2 N–H and O–H groups in total. The highest BCUT2D eigenvalue weighted by molar-refractivity contribution is 5.94. The molecule has 5 nitrogen and oxygen atoms in total. The van der Waals surface area contributed by atoms with Crippen LogP contribution in [0.3, 0.4) is 0 Å². The fourth-order valence-corrected chi connectivity index (χ4v) is 3.26. The van der Waals surface area contributed by atoms with Crippen LogP contribution in [0.25, 0.3) is 0 Å². The average molecular weight is 339 g/mol. The number of ether oxygens (including phenoxy) is 1. The molecule has 2 heterocycles. The number of rotatable bonds is 5. The van der Waals surface area contributed by atoms with Crippen molar-refractivity contribution < 1.29 is 9.53 Å². The van der Waals surface area contributed by atoms with Crippen LogP contribution in [0.2, 0.25) is 0 Å². The molecule has 2 unspecified atom stereocenters. The standard InChI is InChI=1S/C20H25N3O2/c1-14-6-7-19(11-22-14)25-13-16-4-3-5-18(9-16)20(24)23-12-17(10-21)8-15(23)2/h3-7,9,11,15,17H,8,10,12-13,21H2,1-2H3. The Bertz CT molecular complexity index is 730. The number of likely N-dealkylation sites (tertiary alicyclic amines) is 1. The van der Waals surface area contributed by atoms with Crippen molar-refractivity contribution in [2.45, 2.75) is 32.9 Å². The van der Waals surface area contributed by atoms with Crippen molar-refractivity contribution in [1.82, 2.24) is 9.88 Å². The molecule has 2 atom stereocenters. The zero-order chi connectivity index (χ0) is 17.8. The Morgan fingerprint density at radius 3 is 2.88 bits per heavy atom. The van der Waals surface area contributed by atoms with E-state index in [0.29, 0.717) is 24.6 Å². The first-order chi connectivity index (χ1) is 12.1. The molecular formula is C20H25N3O2. The van der Waals surface area contributed by atoms with Crippen LogP contribution in [-0.4, -0.2) is 34.9 Å². The lowest BCUT2D eigenvalue weighted by atomic mass is 10.1. The predicted molar refractivity (Wildman–Crippen MR) is 97.4 cm³/mol. The summed E-state index contributed by atoms with van der Waals surface area (Å²) < 4.78 is 5.76. The van der Waals surface area contributed by atoms with Gasteiger partial charge in [-0.05, 0) is 62.6 Å². The first-order valence-electron chi connectivity index (χ1n) is 8.72. The molecular weight excluding hydrogens is 314 g/mol. The van der Waals surface area contributed by atoms with Gasteiger partial charge in [0.15, 0.2) is 0 Å². The zero-order valence-electron chi connectivity index (χ0n) is 14.8. The van der Waals surface area contributed by atoms with E-state index >= 15 is 0 Å². The lowest BCUT2D eigenvalue weighted by molar-refractivity contribution is 0.0743. The van der Waals surface area contributed by atoms with Crippen LogP contribution in [0.1, 0.15) is 35.0 Å². The molecule has 1 aliphatic rings. The number of nitrogens with zero attached hydrogens (tertiary/aromatic N) is 2. The largest absolute Gasteiger partial charge is 0.487 e. The van der Waals surface area contributed by atoms with Gasteiger partial charge in [0.05, 0.1) is 6.20 Å². The molecule has 5 heteroatoms. The number of hydrogen-bond acceptors (Lipinski definition) is 4. The number of carbonyl (C=O) groups is 1. The van der Waals surface area contributed by atoms with Crippen molar-refractivity contribution in [1.29, 1.82) is 0 Å². The predicted octanol–water partition coefficient (Wildman–Crippen LogP) is 2.78. The molecule has 132 valence electrons. The van der Waals surface area contributed by atoms with Crippen LogP contribution in [0.15, 0.2) is 42.6 Å². The van der Waals surface area contributed by atoms with Crippen LogP contribution in [0.5, 0.6) is 5.75 Å². The van der Waals surface area contributed by atoms with E-state index < -0.39 is 0 Å². The Labute approximate surface area is 148 Å². The first kappa shape index (κ1) is 17.4. The van der Waals surface area contributed by atoms with Crippen molar-refractivity contribution >= 4 is 5.91 Å². The monoisotopic (exact) mass is 339 g/mol.